The topological polar surface area (TPSA) is 69.7 Å². The molecule has 1 fully saturated rings. The summed E-state index contributed by atoms with van der Waals surface area (Å²) < 4.78 is 25.9. The van der Waals surface area contributed by atoms with Gasteiger partial charge in [-0.3, -0.25) is 4.79 Å². The summed E-state index contributed by atoms with van der Waals surface area (Å²) in [4.78, 5) is 13.8. The fraction of sp³-hybridized carbons (Fsp3) is 0.462. The largest absolute Gasteiger partial charge is 0.339 e. The molecule has 1 aliphatic rings. The Hall–Kier alpha value is -0.860. The molecule has 1 saturated heterocycles. The molecule has 124 valence electrons. The first-order valence-corrected chi connectivity index (χ1v) is 8.44. The SMILES string of the molecule is CN(CC(=O)N1CCNCC1)S(=O)(=O)c1ccccc1Cl.Cl. The van der Waals surface area contributed by atoms with Gasteiger partial charge in [-0.15, -0.1) is 12.4 Å². The third-order valence-corrected chi connectivity index (χ3v) is 5.66. The minimum atomic E-state index is -3.77. The molecule has 1 aromatic rings. The van der Waals surface area contributed by atoms with Gasteiger partial charge in [0.1, 0.15) is 4.90 Å². The Kier molecular flexibility index (Phi) is 7.08. The zero-order chi connectivity index (χ0) is 15.5. The Balaban J connectivity index is 0.00000242. The molecule has 1 aliphatic heterocycles. The van der Waals surface area contributed by atoms with Crippen molar-refractivity contribution in [1.29, 1.82) is 0 Å². The van der Waals surface area contributed by atoms with Crippen LogP contribution in [0.2, 0.25) is 5.02 Å². The molecule has 22 heavy (non-hydrogen) atoms. The van der Waals surface area contributed by atoms with Crippen molar-refractivity contribution in [3.05, 3.63) is 29.3 Å². The number of hydrogen-bond donors (Lipinski definition) is 1. The van der Waals surface area contributed by atoms with E-state index in [1.807, 2.05) is 0 Å². The smallest absolute Gasteiger partial charge is 0.244 e. The van der Waals surface area contributed by atoms with Crippen molar-refractivity contribution < 1.29 is 13.2 Å². The maximum atomic E-state index is 12.4. The number of halogens is 2. The Bertz CT molecular complexity index is 619. The fourth-order valence-corrected chi connectivity index (χ4v) is 3.72. The zero-order valence-corrected chi connectivity index (χ0v) is 14.5. The highest BCUT2D eigenvalue weighted by molar-refractivity contribution is 7.89. The summed E-state index contributed by atoms with van der Waals surface area (Å²) in [6.07, 6.45) is 0. The highest BCUT2D eigenvalue weighted by Crippen LogP contribution is 2.23. The zero-order valence-electron chi connectivity index (χ0n) is 12.2. The summed E-state index contributed by atoms with van der Waals surface area (Å²) in [7, 11) is -2.38. The normalized spacial score (nSPS) is 15.5. The number of likely N-dealkylation sites (N-methyl/N-ethyl adjacent to an activating group) is 1. The summed E-state index contributed by atoms with van der Waals surface area (Å²) in [5, 5.41) is 3.30. The average molecular weight is 368 g/mol. The van der Waals surface area contributed by atoms with E-state index in [4.69, 9.17) is 11.6 Å². The second kappa shape index (κ2) is 8.12. The maximum absolute atomic E-state index is 12.4. The Labute approximate surface area is 141 Å². The molecule has 6 nitrogen and oxygen atoms in total. The van der Waals surface area contributed by atoms with Crippen molar-refractivity contribution in [1.82, 2.24) is 14.5 Å². The molecule has 0 aliphatic carbocycles. The van der Waals surface area contributed by atoms with Gasteiger partial charge in [-0.2, -0.15) is 4.31 Å². The van der Waals surface area contributed by atoms with Crippen molar-refractivity contribution in [2.75, 3.05) is 39.8 Å². The molecule has 0 atom stereocenters. The van der Waals surface area contributed by atoms with Crippen molar-refractivity contribution in [3.63, 3.8) is 0 Å². The monoisotopic (exact) mass is 367 g/mol. The molecule has 0 aromatic heterocycles. The van der Waals surface area contributed by atoms with Crippen LogP contribution in [0.15, 0.2) is 29.2 Å². The number of piperazine rings is 1. The van der Waals surface area contributed by atoms with Gasteiger partial charge in [-0.25, -0.2) is 8.42 Å². The molecule has 1 aromatic carbocycles. The number of nitrogens with zero attached hydrogens (tertiary/aromatic N) is 2. The van der Waals surface area contributed by atoms with Crippen molar-refractivity contribution >= 4 is 39.9 Å². The summed E-state index contributed by atoms with van der Waals surface area (Å²) in [6.45, 7) is 2.46. The minimum Gasteiger partial charge on any atom is -0.339 e. The van der Waals surface area contributed by atoms with Crippen LogP contribution in [0, 0.1) is 0 Å². The van der Waals surface area contributed by atoms with E-state index >= 15 is 0 Å². The molecular formula is C13H19Cl2N3O3S. The number of carbonyl (C=O) groups excluding carboxylic acids is 1. The first-order valence-electron chi connectivity index (χ1n) is 6.62. The van der Waals surface area contributed by atoms with Crippen LogP contribution in [0.1, 0.15) is 0 Å². The molecule has 0 radical (unpaired) electrons. The fourth-order valence-electron chi connectivity index (χ4n) is 2.11. The van der Waals surface area contributed by atoms with E-state index in [1.165, 1.54) is 19.2 Å². The van der Waals surface area contributed by atoms with Crippen LogP contribution in [-0.2, 0) is 14.8 Å². The number of sulfonamides is 1. The summed E-state index contributed by atoms with van der Waals surface area (Å²) >= 11 is 5.93. The molecule has 0 saturated carbocycles. The first kappa shape index (κ1) is 19.2. The number of nitrogens with one attached hydrogen (secondary N) is 1. The van der Waals surface area contributed by atoms with Crippen LogP contribution >= 0.6 is 24.0 Å². The Morgan fingerprint density at radius 2 is 1.91 bits per heavy atom. The Morgan fingerprint density at radius 1 is 1.32 bits per heavy atom. The third kappa shape index (κ3) is 4.33. The van der Waals surface area contributed by atoms with Gasteiger partial charge < -0.3 is 10.2 Å². The van der Waals surface area contributed by atoms with Crippen molar-refractivity contribution in [2.45, 2.75) is 4.90 Å². The standard InChI is InChI=1S/C13H18ClN3O3S.ClH/c1-16(10-13(18)17-8-6-15-7-9-17)21(19,20)12-5-3-2-4-11(12)14;/h2-5,15H,6-10H2,1H3;1H. The molecule has 0 spiro atoms. The van der Waals surface area contributed by atoms with E-state index in [0.717, 1.165) is 17.4 Å². The van der Waals surface area contributed by atoms with Gasteiger partial charge in [0, 0.05) is 33.2 Å². The molecule has 1 N–H and O–H groups in total. The van der Waals surface area contributed by atoms with Gasteiger partial charge >= 0.3 is 0 Å². The van der Waals surface area contributed by atoms with Gasteiger partial charge in [0.2, 0.25) is 15.9 Å². The average Bonchev–Trinajstić information content (AvgIpc) is 2.48. The third-order valence-electron chi connectivity index (χ3n) is 3.35. The minimum absolute atomic E-state index is 0. The lowest BCUT2D eigenvalue weighted by Crippen LogP contribution is -2.49. The van der Waals surface area contributed by atoms with Gasteiger partial charge in [0.05, 0.1) is 11.6 Å². The van der Waals surface area contributed by atoms with Crippen molar-refractivity contribution in [3.8, 4) is 0 Å². The number of hydrogen-bond acceptors (Lipinski definition) is 4. The Morgan fingerprint density at radius 3 is 2.50 bits per heavy atom. The highest BCUT2D eigenvalue weighted by atomic mass is 35.5. The highest BCUT2D eigenvalue weighted by Gasteiger charge is 2.27. The molecule has 9 heteroatoms. The summed E-state index contributed by atoms with van der Waals surface area (Å²) in [5.74, 6) is -0.199. The lowest BCUT2D eigenvalue weighted by molar-refractivity contribution is -0.131. The number of benzene rings is 1. The second-order valence-corrected chi connectivity index (χ2v) is 7.24. The molecule has 1 heterocycles. The van der Waals surface area contributed by atoms with E-state index in [-0.39, 0.29) is 34.8 Å². The number of rotatable bonds is 4. The van der Waals surface area contributed by atoms with Gasteiger partial charge in [0.15, 0.2) is 0 Å². The predicted octanol–water partition coefficient (Wildman–Crippen LogP) is 0.814. The van der Waals surface area contributed by atoms with Crippen molar-refractivity contribution in [2.24, 2.45) is 0 Å². The number of carbonyl (C=O) groups is 1. The molecular weight excluding hydrogens is 349 g/mol. The van der Waals surface area contributed by atoms with Gasteiger partial charge in [-0.1, -0.05) is 23.7 Å². The van der Waals surface area contributed by atoms with E-state index < -0.39 is 10.0 Å². The van der Waals surface area contributed by atoms with Gasteiger partial charge in [0.25, 0.3) is 0 Å². The summed E-state index contributed by atoms with van der Waals surface area (Å²) in [6, 6.07) is 6.21. The predicted molar refractivity (Wildman–Crippen MR) is 88.0 cm³/mol. The van der Waals surface area contributed by atoms with Crippen LogP contribution in [0.5, 0.6) is 0 Å². The van der Waals surface area contributed by atoms with Crippen LogP contribution in [0.4, 0.5) is 0 Å². The van der Waals surface area contributed by atoms with Crippen LogP contribution in [0.3, 0.4) is 0 Å². The van der Waals surface area contributed by atoms with E-state index in [1.54, 1.807) is 17.0 Å². The lowest BCUT2D eigenvalue weighted by atomic mass is 10.3. The summed E-state index contributed by atoms with van der Waals surface area (Å²) in [5.41, 5.74) is 0. The molecule has 2 rings (SSSR count). The number of amides is 1. The van der Waals surface area contributed by atoms with Gasteiger partial charge in [-0.05, 0) is 12.1 Å². The molecule has 1 amide bonds. The van der Waals surface area contributed by atoms with E-state index in [0.29, 0.717) is 13.1 Å². The lowest BCUT2D eigenvalue weighted by Gasteiger charge is -2.29. The molecule has 0 bridgehead atoms. The van der Waals surface area contributed by atoms with Crippen LogP contribution in [-0.4, -0.2) is 63.3 Å². The van der Waals surface area contributed by atoms with E-state index in [9.17, 15) is 13.2 Å². The van der Waals surface area contributed by atoms with Crippen LogP contribution < -0.4 is 5.32 Å². The first-order chi connectivity index (χ1) is 9.93. The molecule has 0 unspecified atom stereocenters. The maximum Gasteiger partial charge on any atom is 0.244 e. The van der Waals surface area contributed by atoms with Crippen LogP contribution in [0.25, 0.3) is 0 Å². The quantitative estimate of drug-likeness (QED) is 0.854. The van der Waals surface area contributed by atoms with E-state index in [2.05, 4.69) is 5.32 Å². The second-order valence-electron chi connectivity index (χ2n) is 4.82.